The number of aromatic amines is 1. The highest BCUT2D eigenvalue weighted by Crippen LogP contribution is 2.19. The molecule has 1 aromatic heterocycles. The van der Waals surface area contributed by atoms with Crippen molar-refractivity contribution in [2.24, 2.45) is 0 Å². The van der Waals surface area contributed by atoms with Gasteiger partial charge in [0.1, 0.15) is 0 Å². The summed E-state index contributed by atoms with van der Waals surface area (Å²) in [5.41, 5.74) is 1.81. The van der Waals surface area contributed by atoms with Crippen molar-refractivity contribution in [3.05, 3.63) is 60.2 Å². The van der Waals surface area contributed by atoms with E-state index in [-0.39, 0.29) is 11.7 Å². The molecule has 1 heterocycles. The zero-order chi connectivity index (χ0) is 21.6. The zero-order valence-corrected chi connectivity index (χ0v) is 18.3. The highest BCUT2D eigenvalue weighted by molar-refractivity contribution is 7.99. The third-order valence-corrected chi connectivity index (χ3v) is 7.01. The second-order valence-electron chi connectivity index (χ2n) is 6.36. The van der Waals surface area contributed by atoms with Gasteiger partial charge in [-0.05, 0) is 25.1 Å². The topological polar surface area (TPSA) is 108 Å². The molecule has 0 spiro atoms. The van der Waals surface area contributed by atoms with Crippen molar-refractivity contribution in [3.63, 3.8) is 0 Å². The number of rotatable bonds is 9. The Morgan fingerprint density at radius 3 is 2.67 bits per heavy atom. The lowest BCUT2D eigenvalue weighted by Crippen LogP contribution is -2.29. The first-order valence-electron chi connectivity index (χ1n) is 9.36. The van der Waals surface area contributed by atoms with Gasteiger partial charge < -0.3 is 5.32 Å². The number of anilines is 1. The monoisotopic (exact) mass is 445 g/mol. The number of hydrogen-bond acceptors (Lipinski definition) is 6. The van der Waals surface area contributed by atoms with Crippen LogP contribution in [0.3, 0.4) is 0 Å². The Labute approximate surface area is 180 Å². The van der Waals surface area contributed by atoms with Crippen LogP contribution in [0.2, 0.25) is 0 Å². The largest absolute Gasteiger partial charge is 0.351 e. The van der Waals surface area contributed by atoms with Crippen molar-refractivity contribution in [1.82, 2.24) is 20.5 Å². The number of thioether (sulfide) groups is 1. The van der Waals surface area contributed by atoms with Crippen molar-refractivity contribution in [2.75, 3.05) is 29.4 Å². The molecule has 0 atom stereocenters. The summed E-state index contributed by atoms with van der Waals surface area (Å²) >= 11 is 1.43. The molecule has 2 aromatic carbocycles. The third kappa shape index (κ3) is 5.39. The van der Waals surface area contributed by atoms with Gasteiger partial charge in [-0.15, -0.1) is 5.10 Å². The van der Waals surface area contributed by atoms with Gasteiger partial charge in [0.05, 0.1) is 11.4 Å². The molecule has 8 nitrogen and oxygen atoms in total. The Morgan fingerprint density at radius 1 is 1.17 bits per heavy atom. The van der Waals surface area contributed by atoms with Gasteiger partial charge in [-0.25, -0.2) is 13.4 Å². The molecular formula is C20H23N5O3S2. The summed E-state index contributed by atoms with van der Waals surface area (Å²) in [6, 6.07) is 16.3. The van der Waals surface area contributed by atoms with Crippen molar-refractivity contribution >= 4 is 33.4 Å². The summed E-state index contributed by atoms with van der Waals surface area (Å²) in [7, 11) is -1.90. The molecule has 3 aromatic rings. The van der Waals surface area contributed by atoms with E-state index in [1.165, 1.54) is 23.1 Å². The van der Waals surface area contributed by atoms with E-state index in [2.05, 4.69) is 20.5 Å². The zero-order valence-electron chi connectivity index (χ0n) is 16.7. The van der Waals surface area contributed by atoms with Crippen molar-refractivity contribution in [2.45, 2.75) is 12.1 Å². The summed E-state index contributed by atoms with van der Waals surface area (Å²) in [5.74, 6) is 1.02. The number of hydrogen-bond donors (Lipinski definition) is 2. The Morgan fingerprint density at radius 2 is 1.93 bits per heavy atom. The number of H-pyrrole nitrogens is 1. The van der Waals surface area contributed by atoms with Crippen LogP contribution in [0, 0.1) is 0 Å². The molecule has 3 rings (SSSR count). The quantitative estimate of drug-likeness (QED) is 0.387. The first-order chi connectivity index (χ1) is 14.4. The van der Waals surface area contributed by atoms with E-state index in [4.69, 9.17) is 0 Å². The van der Waals surface area contributed by atoms with Crippen LogP contribution in [-0.4, -0.2) is 54.6 Å². The molecular weight excluding hydrogens is 422 g/mol. The maximum absolute atomic E-state index is 12.4. The van der Waals surface area contributed by atoms with Crippen molar-refractivity contribution < 1.29 is 13.2 Å². The fraction of sp³-hybridized carbons (Fsp3) is 0.250. The first-order valence-corrected chi connectivity index (χ1v) is 12.0. The van der Waals surface area contributed by atoms with Crippen LogP contribution in [0.25, 0.3) is 11.4 Å². The second-order valence-corrected chi connectivity index (χ2v) is 9.71. The van der Waals surface area contributed by atoms with Gasteiger partial charge in [-0.2, -0.15) is 0 Å². The van der Waals surface area contributed by atoms with Gasteiger partial charge in [0.2, 0.25) is 15.2 Å². The van der Waals surface area contributed by atoms with Gasteiger partial charge in [-0.1, -0.05) is 48.2 Å². The second kappa shape index (κ2) is 9.77. The van der Waals surface area contributed by atoms with Gasteiger partial charge in [0.15, 0.2) is 5.82 Å². The Balaban J connectivity index is 1.52. The Bertz CT molecular complexity index is 1100. The molecule has 0 saturated heterocycles. The third-order valence-electron chi connectivity index (χ3n) is 4.38. The summed E-state index contributed by atoms with van der Waals surface area (Å²) in [5, 5.41) is 10.5. The SMILES string of the molecule is CCS(=O)(=O)N(C)c1cccc(C(=O)NCCSc2n[nH]c(-c3ccccc3)n2)c1. The first kappa shape index (κ1) is 21.8. The minimum atomic E-state index is -3.38. The predicted octanol–water partition coefficient (Wildman–Crippen LogP) is 2.78. The molecule has 30 heavy (non-hydrogen) atoms. The number of amides is 1. The van der Waals surface area contributed by atoms with Crippen LogP contribution in [0.1, 0.15) is 17.3 Å². The molecule has 1 amide bonds. The maximum atomic E-state index is 12.4. The Hall–Kier alpha value is -2.85. The minimum Gasteiger partial charge on any atom is -0.351 e. The normalized spacial score (nSPS) is 11.3. The molecule has 0 bridgehead atoms. The van der Waals surface area contributed by atoms with Gasteiger partial charge in [-0.3, -0.25) is 14.2 Å². The number of nitrogens with one attached hydrogen (secondary N) is 2. The summed E-state index contributed by atoms with van der Waals surface area (Å²) < 4.78 is 25.2. The van der Waals surface area contributed by atoms with E-state index in [1.807, 2.05) is 30.3 Å². The van der Waals surface area contributed by atoms with E-state index in [0.717, 1.165) is 5.56 Å². The Kier molecular flexibility index (Phi) is 7.11. The smallest absolute Gasteiger partial charge is 0.251 e. The van der Waals surface area contributed by atoms with E-state index < -0.39 is 10.0 Å². The van der Waals surface area contributed by atoms with E-state index in [9.17, 15) is 13.2 Å². The van der Waals surface area contributed by atoms with Crippen LogP contribution in [-0.2, 0) is 10.0 Å². The summed E-state index contributed by atoms with van der Waals surface area (Å²) in [6.45, 7) is 2.00. The standard InChI is InChI=1S/C20H23N5O3S2/c1-3-30(27,28)25(2)17-11-7-10-16(14-17)19(26)21-12-13-29-20-22-18(23-24-20)15-8-5-4-6-9-15/h4-11,14H,3,12-13H2,1-2H3,(H,21,26)(H,22,23,24). The van der Waals surface area contributed by atoms with Crippen molar-refractivity contribution in [3.8, 4) is 11.4 Å². The predicted molar refractivity (Wildman–Crippen MR) is 119 cm³/mol. The molecule has 0 saturated carbocycles. The molecule has 0 aliphatic carbocycles. The molecule has 0 fully saturated rings. The average molecular weight is 446 g/mol. The number of nitrogens with zero attached hydrogens (tertiary/aromatic N) is 3. The molecule has 0 aliphatic rings. The lowest BCUT2D eigenvalue weighted by Gasteiger charge is -2.19. The van der Waals surface area contributed by atoms with Crippen LogP contribution >= 0.6 is 11.8 Å². The van der Waals surface area contributed by atoms with Crippen molar-refractivity contribution in [1.29, 1.82) is 0 Å². The molecule has 2 N–H and O–H groups in total. The maximum Gasteiger partial charge on any atom is 0.251 e. The molecule has 10 heteroatoms. The lowest BCUT2D eigenvalue weighted by atomic mass is 10.2. The number of benzene rings is 2. The van der Waals surface area contributed by atoms with Gasteiger partial charge >= 0.3 is 0 Å². The van der Waals surface area contributed by atoms with Gasteiger partial charge in [0, 0.05) is 30.5 Å². The summed E-state index contributed by atoms with van der Waals surface area (Å²) in [6.07, 6.45) is 0. The van der Waals surface area contributed by atoms with Crippen LogP contribution < -0.4 is 9.62 Å². The average Bonchev–Trinajstić information content (AvgIpc) is 3.25. The lowest BCUT2D eigenvalue weighted by molar-refractivity contribution is 0.0956. The molecule has 0 unspecified atom stereocenters. The highest BCUT2D eigenvalue weighted by Gasteiger charge is 2.17. The van der Waals surface area contributed by atoms with E-state index in [0.29, 0.717) is 34.5 Å². The molecule has 158 valence electrons. The number of carbonyl (C=O) groups excluding carboxylic acids is 1. The van der Waals surface area contributed by atoms with Crippen LogP contribution in [0.5, 0.6) is 0 Å². The number of aromatic nitrogens is 3. The van der Waals surface area contributed by atoms with E-state index in [1.54, 1.807) is 31.2 Å². The highest BCUT2D eigenvalue weighted by atomic mass is 32.2. The van der Waals surface area contributed by atoms with Crippen LogP contribution in [0.4, 0.5) is 5.69 Å². The van der Waals surface area contributed by atoms with Gasteiger partial charge in [0.25, 0.3) is 5.91 Å². The van der Waals surface area contributed by atoms with Crippen LogP contribution in [0.15, 0.2) is 59.8 Å². The number of sulfonamides is 1. The molecule has 0 radical (unpaired) electrons. The number of carbonyl (C=O) groups is 1. The minimum absolute atomic E-state index is 0.00956. The fourth-order valence-corrected chi connectivity index (χ4v) is 4.12. The fourth-order valence-electron chi connectivity index (χ4n) is 2.64. The molecule has 0 aliphatic heterocycles. The summed E-state index contributed by atoms with van der Waals surface area (Å²) in [4.78, 5) is 16.9. The van der Waals surface area contributed by atoms with E-state index >= 15 is 0 Å².